The zero-order valence-electron chi connectivity index (χ0n) is 14.3. The van der Waals surface area contributed by atoms with Gasteiger partial charge in [0.2, 0.25) is 0 Å². The van der Waals surface area contributed by atoms with Crippen molar-refractivity contribution in [1.82, 2.24) is 15.0 Å². The molecule has 6 nitrogen and oxygen atoms in total. The second-order valence-corrected chi connectivity index (χ2v) is 7.17. The topological polar surface area (TPSA) is 58.6 Å². The Morgan fingerprint density at radius 2 is 2.00 bits per heavy atom. The van der Waals surface area contributed by atoms with E-state index < -0.39 is 5.60 Å². The second-order valence-electron chi connectivity index (χ2n) is 6.19. The Hall–Kier alpha value is -1.99. The number of anilines is 1. The van der Waals surface area contributed by atoms with Crippen molar-refractivity contribution in [2.45, 2.75) is 33.3 Å². The van der Waals surface area contributed by atoms with Crippen LogP contribution in [0.15, 0.2) is 24.5 Å². The van der Waals surface area contributed by atoms with Crippen molar-refractivity contribution in [3.05, 3.63) is 30.2 Å². The molecule has 0 fully saturated rings. The van der Waals surface area contributed by atoms with Gasteiger partial charge in [0.15, 0.2) is 0 Å². The van der Waals surface area contributed by atoms with Crippen molar-refractivity contribution in [2.75, 3.05) is 19.0 Å². The Bertz CT molecular complexity index is 679. The quantitative estimate of drug-likeness (QED) is 0.803. The summed E-state index contributed by atoms with van der Waals surface area (Å²) >= 11 is 1.46. The number of nitrogens with zero attached hydrogens (tertiary/aromatic N) is 4. The maximum Gasteiger partial charge on any atom is 0.348 e. The number of pyridine rings is 1. The third-order valence-electron chi connectivity index (χ3n) is 2.95. The normalized spacial score (nSPS) is 11.4. The largest absolute Gasteiger partial charge is 0.348 e. The third-order valence-corrected chi connectivity index (χ3v) is 4.24. The molecule has 0 aliphatic heterocycles. The van der Waals surface area contributed by atoms with Gasteiger partial charge < -0.3 is 0 Å². The van der Waals surface area contributed by atoms with Crippen LogP contribution in [-0.4, -0.2) is 40.8 Å². The first-order valence-electron chi connectivity index (χ1n) is 7.27. The number of hydrogen-bond acceptors (Lipinski definition) is 5. The van der Waals surface area contributed by atoms with Gasteiger partial charge in [-0.05, 0) is 39.8 Å². The van der Waals surface area contributed by atoms with Gasteiger partial charge in [-0.1, -0.05) is 11.3 Å². The summed E-state index contributed by atoms with van der Waals surface area (Å²) in [6.45, 7) is 7.58. The van der Waals surface area contributed by atoms with Crippen LogP contribution in [0.25, 0.3) is 10.6 Å². The Balaban J connectivity index is 2.21. The Morgan fingerprint density at radius 3 is 2.57 bits per heavy atom. The van der Waals surface area contributed by atoms with Crippen LogP contribution in [0, 0.1) is 6.92 Å². The van der Waals surface area contributed by atoms with Crippen molar-refractivity contribution in [2.24, 2.45) is 0 Å². The first-order valence-corrected chi connectivity index (χ1v) is 8.09. The number of thiazole rings is 1. The van der Waals surface area contributed by atoms with Crippen molar-refractivity contribution in [1.29, 1.82) is 0 Å². The van der Waals surface area contributed by atoms with Gasteiger partial charge in [-0.2, -0.15) is 0 Å². The monoisotopic (exact) mass is 334 g/mol. The molecule has 0 bridgehead atoms. The number of aryl methyl sites for hydroxylation is 1. The lowest BCUT2D eigenvalue weighted by atomic mass is 10.2. The van der Waals surface area contributed by atoms with Crippen molar-refractivity contribution < 1.29 is 9.63 Å². The predicted molar refractivity (Wildman–Crippen MR) is 92.5 cm³/mol. The molecule has 7 heteroatoms. The Kier molecular flexibility index (Phi) is 5.01. The molecule has 0 atom stereocenters. The maximum atomic E-state index is 12.5. The smallest absolute Gasteiger partial charge is 0.285 e. The third kappa shape index (κ3) is 4.27. The molecule has 2 rings (SSSR count). The molecule has 2 heterocycles. The lowest BCUT2D eigenvalue weighted by Gasteiger charge is -2.29. The molecular weight excluding hydrogens is 312 g/mol. The van der Waals surface area contributed by atoms with E-state index in [1.54, 1.807) is 31.4 Å². The number of urea groups is 1. The first-order chi connectivity index (χ1) is 10.7. The molecule has 2 aromatic heterocycles. The van der Waals surface area contributed by atoms with Crippen molar-refractivity contribution in [3.63, 3.8) is 0 Å². The Morgan fingerprint density at radius 1 is 1.30 bits per heavy atom. The van der Waals surface area contributed by atoms with Gasteiger partial charge in [0.1, 0.15) is 10.0 Å². The summed E-state index contributed by atoms with van der Waals surface area (Å²) in [6.07, 6.45) is 3.48. The minimum absolute atomic E-state index is 0.246. The molecule has 0 radical (unpaired) electrons. The SMILES string of the molecule is Cc1nc(-c2cccnc2)sc1N(C)C(=O)N(C)OC(C)(C)C. The summed E-state index contributed by atoms with van der Waals surface area (Å²) in [5.74, 6) is 0. The Labute approximate surface area is 140 Å². The number of rotatable bonds is 3. The van der Waals surface area contributed by atoms with Gasteiger partial charge in [-0.25, -0.2) is 14.8 Å². The molecule has 124 valence electrons. The minimum Gasteiger partial charge on any atom is -0.285 e. The highest BCUT2D eigenvalue weighted by molar-refractivity contribution is 7.19. The number of hydroxylamine groups is 2. The van der Waals surface area contributed by atoms with E-state index in [1.165, 1.54) is 16.4 Å². The highest BCUT2D eigenvalue weighted by atomic mass is 32.1. The molecule has 0 spiro atoms. The minimum atomic E-state index is -0.436. The molecule has 0 aliphatic carbocycles. The summed E-state index contributed by atoms with van der Waals surface area (Å²) in [5, 5.41) is 2.88. The average molecular weight is 334 g/mol. The van der Waals surface area contributed by atoms with E-state index in [2.05, 4.69) is 9.97 Å². The van der Waals surface area contributed by atoms with Gasteiger partial charge in [-0.15, -0.1) is 0 Å². The highest BCUT2D eigenvalue weighted by Crippen LogP contribution is 2.34. The molecule has 0 aliphatic rings. The van der Waals surface area contributed by atoms with Gasteiger partial charge in [0.25, 0.3) is 0 Å². The number of carbonyl (C=O) groups is 1. The lowest BCUT2D eigenvalue weighted by molar-refractivity contribution is -0.177. The van der Waals surface area contributed by atoms with E-state index in [4.69, 9.17) is 4.84 Å². The van der Waals surface area contributed by atoms with Gasteiger partial charge in [-0.3, -0.25) is 14.7 Å². The number of carbonyl (C=O) groups excluding carboxylic acids is 1. The van der Waals surface area contributed by atoms with Crippen LogP contribution in [-0.2, 0) is 4.84 Å². The van der Waals surface area contributed by atoms with E-state index in [0.717, 1.165) is 21.3 Å². The highest BCUT2D eigenvalue weighted by Gasteiger charge is 2.24. The van der Waals surface area contributed by atoms with E-state index >= 15 is 0 Å². The molecule has 23 heavy (non-hydrogen) atoms. The molecule has 0 saturated heterocycles. The molecule has 0 unspecified atom stereocenters. The number of amides is 2. The van der Waals surface area contributed by atoms with Gasteiger partial charge >= 0.3 is 6.03 Å². The van der Waals surface area contributed by atoms with Gasteiger partial charge in [0.05, 0.1) is 11.3 Å². The fourth-order valence-electron chi connectivity index (χ4n) is 2.06. The standard InChI is InChI=1S/C16H22N4O2S/c1-11-14(19(5)15(21)20(6)22-16(2,3)4)23-13(18-11)12-8-7-9-17-10-12/h7-10H,1-6H3. The predicted octanol–water partition coefficient (Wildman–Crippen LogP) is 3.73. The van der Waals surface area contributed by atoms with E-state index in [-0.39, 0.29) is 6.03 Å². The van der Waals surface area contributed by atoms with Crippen LogP contribution < -0.4 is 4.90 Å². The van der Waals surface area contributed by atoms with E-state index in [1.807, 2.05) is 39.8 Å². The van der Waals surface area contributed by atoms with Crippen LogP contribution in [0.4, 0.5) is 9.80 Å². The number of aromatic nitrogens is 2. The van der Waals surface area contributed by atoms with Crippen LogP contribution in [0.5, 0.6) is 0 Å². The first kappa shape index (κ1) is 17.4. The number of hydrogen-bond donors (Lipinski definition) is 0. The van der Waals surface area contributed by atoms with Gasteiger partial charge in [0, 0.05) is 32.1 Å². The molecule has 0 aromatic carbocycles. The zero-order valence-corrected chi connectivity index (χ0v) is 15.1. The van der Waals surface area contributed by atoms with Crippen molar-refractivity contribution >= 4 is 22.4 Å². The van der Waals surface area contributed by atoms with Crippen LogP contribution >= 0.6 is 11.3 Å². The fourth-order valence-corrected chi connectivity index (χ4v) is 3.07. The van der Waals surface area contributed by atoms with Crippen LogP contribution in [0.3, 0.4) is 0 Å². The zero-order chi connectivity index (χ0) is 17.2. The average Bonchev–Trinajstić information content (AvgIpc) is 2.87. The summed E-state index contributed by atoms with van der Waals surface area (Å²) in [4.78, 5) is 28.3. The van der Waals surface area contributed by atoms with Crippen LogP contribution in [0.1, 0.15) is 26.5 Å². The summed E-state index contributed by atoms with van der Waals surface area (Å²) in [7, 11) is 3.33. The maximum absolute atomic E-state index is 12.5. The summed E-state index contributed by atoms with van der Waals surface area (Å²) in [5.41, 5.74) is 1.30. The molecular formula is C16H22N4O2S. The molecule has 0 saturated carbocycles. The fraction of sp³-hybridized carbons (Fsp3) is 0.438. The summed E-state index contributed by atoms with van der Waals surface area (Å²) in [6, 6.07) is 3.57. The second kappa shape index (κ2) is 6.64. The lowest BCUT2D eigenvalue weighted by Crippen LogP contribution is -2.42. The molecule has 0 N–H and O–H groups in total. The van der Waals surface area contributed by atoms with E-state index in [0.29, 0.717) is 0 Å². The molecule has 2 aromatic rings. The van der Waals surface area contributed by atoms with E-state index in [9.17, 15) is 4.79 Å². The van der Waals surface area contributed by atoms with Crippen molar-refractivity contribution in [3.8, 4) is 10.6 Å². The molecule has 2 amide bonds. The summed E-state index contributed by atoms with van der Waals surface area (Å²) < 4.78 is 0. The van der Waals surface area contributed by atoms with Crippen LogP contribution in [0.2, 0.25) is 0 Å².